The first-order valence-corrected chi connectivity index (χ1v) is 9.15. The predicted octanol–water partition coefficient (Wildman–Crippen LogP) is 3.25. The highest BCUT2D eigenvalue weighted by molar-refractivity contribution is 6.02. The molecule has 1 fully saturated rings. The van der Waals surface area contributed by atoms with Crippen LogP contribution in [0.5, 0.6) is 0 Å². The van der Waals surface area contributed by atoms with Crippen LogP contribution in [0.4, 0.5) is 4.79 Å². The van der Waals surface area contributed by atoms with E-state index in [1.807, 2.05) is 0 Å². The molecule has 2 heterocycles. The Balaban J connectivity index is 1.62. The van der Waals surface area contributed by atoms with Crippen LogP contribution in [0.15, 0.2) is 18.2 Å². The summed E-state index contributed by atoms with van der Waals surface area (Å²) < 4.78 is 0. The number of nitrogens with one attached hydrogen (secondary N) is 1. The van der Waals surface area contributed by atoms with Crippen LogP contribution in [0.1, 0.15) is 37.1 Å². The van der Waals surface area contributed by atoms with Gasteiger partial charge in [0.2, 0.25) is 0 Å². The van der Waals surface area contributed by atoms with Crippen molar-refractivity contribution in [3.05, 3.63) is 35.0 Å². The number of benzene rings is 1. The molecule has 0 spiro atoms. The third kappa shape index (κ3) is 2.71. The molecule has 1 aromatic heterocycles. The number of carbonyl (C=O) groups is 2. The van der Waals surface area contributed by atoms with Crippen LogP contribution in [0, 0.1) is 12.8 Å². The van der Waals surface area contributed by atoms with Gasteiger partial charge >= 0.3 is 6.03 Å². The number of imide groups is 1. The maximum atomic E-state index is 12.7. The predicted molar refractivity (Wildman–Crippen MR) is 97.5 cm³/mol. The fourth-order valence-electron chi connectivity index (χ4n) is 4.24. The molecule has 0 saturated carbocycles. The zero-order valence-corrected chi connectivity index (χ0v) is 15.1. The van der Waals surface area contributed by atoms with Gasteiger partial charge in [0.25, 0.3) is 5.91 Å². The molecule has 1 aliphatic carbocycles. The van der Waals surface area contributed by atoms with Crippen LogP contribution in [0.25, 0.3) is 10.9 Å². The Labute approximate surface area is 148 Å². The second-order valence-corrected chi connectivity index (χ2v) is 7.85. The quantitative estimate of drug-likeness (QED) is 0.873. The van der Waals surface area contributed by atoms with Crippen molar-refractivity contribution in [2.45, 2.75) is 46.1 Å². The number of fused-ring (bicyclic) bond motifs is 3. The van der Waals surface area contributed by atoms with E-state index in [4.69, 9.17) is 0 Å². The first-order valence-electron chi connectivity index (χ1n) is 9.15. The third-order valence-electron chi connectivity index (χ3n) is 5.34. The zero-order chi connectivity index (χ0) is 17.7. The van der Waals surface area contributed by atoms with Crippen molar-refractivity contribution in [3.63, 3.8) is 0 Å². The monoisotopic (exact) mass is 339 g/mol. The van der Waals surface area contributed by atoms with Crippen LogP contribution in [-0.4, -0.2) is 45.9 Å². The van der Waals surface area contributed by atoms with Crippen molar-refractivity contribution in [3.8, 4) is 0 Å². The van der Waals surface area contributed by atoms with Crippen molar-refractivity contribution >= 4 is 22.8 Å². The van der Waals surface area contributed by atoms with Gasteiger partial charge in [-0.15, -0.1) is 0 Å². The molecule has 3 amide bonds. The summed E-state index contributed by atoms with van der Waals surface area (Å²) in [5, 5.41) is 1.23. The maximum absolute atomic E-state index is 12.7. The molecule has 0 bridgehead atoms. The largest absolute Gasteiger partial charge is 0.358 e. The summed E-state index contributed by atoms with van der Waals surface area (Å²) in [6.45, 7) is 7.11. The van der Waals surface area contributed by atoms with E-state index < -0.39 is 0 Å². The molecule has 1 saturated heterocycles. The molecule has 1 unspecified atom stereocenters. The Morgan fingerprint density at radius 2 is 2.08 bits per heavy atom. The number of hydrogen-bond acceptors (Lipinski definition) is 2. The molecule has 5 nitrogen and oxygen atoms in total. The minimum absolute atomic E-state index is 0.0239. The lowest BCUT2D eigenvalue weighted by molar-refractivity contribution is -0.127. The fourth-order valence-corrected chi connectivity index (χ4v) is 4.24. The lowest BCUT2D eigenvalue weighted by Crippen LogP contribution is -2.44. The summed E-state index contributed by atoms with van der Waals surface area (Å²) in [7, 11) is 0. The summed E-state index contributed by atoms with van der Waals surface area (Å²) >= 11 is 0. The summed E-state index contributed by atoms with van der Waals surface area (Å²) in [6, 6.07) is 6.30. The highest BCUT2D eigenvalue weighted by Gasteiger charge is 2.41. The number of rotatable bonds is 3. The molecule has 1 aromatic carbocycles. The van der Waals surface area contributed by atoms with E-state index in [-0.39, 0.29) is 24.5 Å². The van der Waals surface area contributed by atoms with Crippen molar-refractivity contribution in [2.75, 3.05) is 13.1 Å². The SMILES string of the molecule is Cc1ccc2[nH]c3c(c2c1)CC(N1C(=O)CN(CC(C)C)C1=O)CC3. The maximum Gasteiger partial charge on any atom is 0.327 e. The molecule has 1 atom stereocenters. The number of nitrogens with zero attached hydrogens (tertiary/aromatic N) is 2. The third-order valence-corrected chi connectivity index (χ3v) is 5.34. The molecule has 2 aromatic rings. The van der Waals surface area contributed by atoms with E-state index in [0.717, 1.165) is 24.8 Å². The van der Waals surface area contributed by atoms with Crippen LogP contribution < -0.4 is 0 Å². The van der Waals surface area contributed by atoms with Gasteiger partial charge < -0.3 is 9.88 Å². The number of aromatic nitrogens is 1. The molecular formula is C20H25N3O2. The van der Waals surface area contributed by atoms with Gasteiger partial charge in [0.1, 0.15) is 6.54 Å². The van der Waals surface area contributed by atoms with Crippen LogP contribution >= 0.6 is 0 Å². The van der Waals surface area contributed by atoms with E-state index in [1.54, 1.807) is 4.90 Å². The topological polar surface area (TPSA) is 56.4 Å². The van der Waals surface area contributed by atoms with Crippen LogP contribution in [-0.2, 0) is 17.6 Å². The van der Waals surface area contributed by atoms with E-state index in [9.17, 15) is 9.59 Å². The van der Waals surface area contributed by atoms with E-state index in [1.165, 1.54) is 27.1 Å². The number of hydrogen-bond donors (Lipinski definition) is 1. The van der Waals surface area contributed by atoms with Gasteiger partial charge in [0.05, 0.1) is 0 Å². The lowest BCUT2D eigenvalue weighted by Gasteiger charge is -2.30. The van der Waals surface area contributed by atoms with Gasteiger partial charge in [0.15, 0.2) is 0 Å². The Kier molecular flexibility index (Phi) is 3.82. The second-order valence-electron chi connectivity index (χ2n) is 7.85. The van der Waals surface area contributed by atoms with Gasteiger partial charge in [-0.3, -0.25) is 9.69 Å². The molecular weight excluding hydrogens is 314 g/mol. The smallest absolute Gasteiger partial charge is 0.327 e. The highest BCUT2D eigenvalue weighted by atomic mass is 16.2. The zero-order valence-electron chi connectivity index (χ0n) is 15.1. The summed E-state index contributed by atoms with van der Waals surface area (Å²) in [5.41, 5.74) is 4.91. The number of carbonyl (C=O) groups excluding carboxylic acids is 2. The fraction of sp³-hybridized carbons (Fsp3) is 0.500. The molecule has 5 heteroatoms. The summed E-state index contributed by atoms with van der Waals surface area (Å²) in [6.07, 6.45) is 2.48. The molecule has 25 heavy (non-hydrogen) atoms. The highest BCUT2D eigenvalue weighted by Crippen LogP contribution is 2.33. The molecule has 1 N–H and O–H groups in total. The van der Waals surface area contributed by atoms with Crippen molar-refractivity contribution in [1.82, 2.24) is 14.8 Å². The number of aryl methyl sites for hydroxylation is 2. The van der Waals surface area contributed by atoms with Gasteiger partial charge in [-0.25, -0.2) is 4.79 Å². The Morgan fingerprint density at radius 1 is 1.28 bits per heavy atom. The number of amides is 3. The van der Waals surface area contributed by atoms with Crippen LogP contribution in [0.2, 0.25) is 0 Å². The Hall–Kier alpha value is -2.30. The van der Waals surface area contributed by atoms with E-state index in [2.05, 4.69) is 44.0 Å². The number of urea groups is 1. The van der Waals surface area contributed by atoms with E-state index >= 15 is 0 Å². The molecule has 2 aliphatic rings. The van der Waals surface area contributed by atoms with Crippen molar-refractivity contribution < 1.29 is 9.59 Å². The lowest BCUT2D eigenvalue weighted by atomic mass is 9.90. The minimum Gasteiger partial charge on any atom is -0.358 e. The van der Waals surface area contributed by atoms with Crippen molar-refractivity contribution in [1.29, 1.82) is 0 Å². The number of H-pyrrole nitrogens is 1. The molecule has 132 valence electrons. The van der Waals surface area contributed by atoms with Crippen LogP contribution in [0.3, 0.4) is 0 Å². The van der Waals surface area contributed by atoms with E-state index in [0.29, 0.717) is 12.5 Å². The van der Waals surface area contributed by atoms with Gasteiger partial charge in [0, 0.05) is 29.2 Å². The molecule has 0 radical (unpaired) electrons. The van der Waals surface area contributed by atoms with Crippen molar-refractivity contribution in [2.24, 2.45) is 5.92 Å². The second kappa shape index (κ2) is 5.90. The first-order chi connectivity index (χ1) is 11.9. The Bertz CT molecular complexity index is 852. The Morgan fingerprint density at radius 3 is 2.84 bits per heavy atom. The average Bonchev–Trinajstić information content (AvgIpc) is 3.04. The standard InChI is InChI=1S/C20H25N3O2/c1-12(2)10-22-11-19(24)23(20(22)25)14-5-7-18-16(9-14)15-8-13(3)4-6-17(15)21-18/h4,6,8,12,14,21H,5,7,9-11H2,1-3H3. The first kappa shape index (κ1) is 16.2. The average molecular weight is 339 g/mol. The normalized spacial score (nSPS) is 20.9. The molecule has 1 aliphatic heterocycles. The van der Waals surface area contributed by atoms with Gasteiger partial charge in [-0.05, 0) is 49.8 Å². The summed E-state index contributed by atoms with van der Waals surface area (Å²) in [4.78, 5) is 32.0. The number of aromatic amines is 1. The molecule has 4 rings (SSSR count). The van der Waals surface area contributed by atoms with Gasteiger partial charge in [-0.2, -0.15) is 0 Å². The van der Waals surface area contributed by atoms with Gasteiger partial charge in [-0.1, -0.05) is 25.5 Å². The minimum atomic E-state index is -0.108. The summed E-state index contributed by atoms with van der Waals surface area (Å²) in [5.74, 6) is 0.321.